The Bertz CT molecular complexity index is 293. The Kier molecular flexibility index (Phi) is 7.54. The molecule has 0 spiro atoms. The van der Waals surface area contributed by atoms with E-state index in [-0.39, 0.29) is 0 Å². The van der Waals surface area contributed by atoms with Crippen LogP contribution >= 0.6 is 11.3 Å². The molecule has 1 N–H and O–H groups in total. The van der Waals surface area contributed by atoms with E-state index in [0.29, 0.717) is 6.04 Å². The standard InChI is InChI=1S/C15H27NS/c1-4-6-7-8-9-10-15(16-5-2)14-11-13(3)17-12-14/h11-12,15-16H,4-10H2,1-3H3. The molecule has 17 heavy (non-hydrogen) atoms. The summed E-state index contributed by atoms with van der Waals surface area (Å²) in [4.78, 5) is 1.42. The van der Waals surface area contributed by atoms with E-state index in [4.69, 9.17) is 0 Å². The summed E-state index contributed by atoms with van der Waals surface area (Å²) in [5, 5.41) is 5.92. The first kappa shape index (κ1) is 14.7. The summed E-state index contributed by atoms with van der Waals surface area (Å²) in [6.07, 6.45) is 8.15. The van der Waals surface area contributed by atoms with E-state index in [0.717, 1.165) is 6.54 Å². The third kappa shape index (κ3) is 5.69. The van der Waals surface area contributed by atoms with Crippen LogP contribution in [0.3, 0.4) is 0 Å². The van der Waals surface area contributed by atoms with Gasteiger partial charge in [-0.25, -0.2) is 0 Å². The zero-order chi connectivity index (χ0) is 12.5. The molecule has 0 fully saturated rings. The molecular formula is C15H27NS. The van der Waals surface area contributed by atoms with Crippen molar-refractivity contribution in [2.45, 2.75) is 65.3 Å². The Balaban J connectivity index is 2.33. The van der Waals surface area contributed by atoms with Crippen LogP contribution in [0.2, 0.25) is 0 Å². The molecule has 0 saturated carbocycles. The first-order chi connectivity index (χ1) is 8.27. The maximum Gasteiger partial charge on any atom is 0.0328 e. The first-order valence-electron chi connectivity index (χ1n) is 7.06. The van der Waals surface area contributed by atoms with Crippen LogP contribution in [0.4, 0.5) is 0 Å². The molecule has 0 bridgehead atoms. The van der Waals surface area contributed by atoms with Crippen molar-refractivity contribution in [1.82, 2.24) is 5.32 Å². The van der Waals surface area contributed by atoms with Crippen molar-refractivity contribution < 1.29 is 0 Å². The molecule has 1 aromatic heterocycles. The number of rotatable bonds is 9. The van der Waals surface area contributed by atoms with Gasteiger partial charge in [-0.3, -0.25) is 0 Å². The van der Waals surface area contributed by atoms with Gasteiger partial charge >= 0.3 is 0 Å². The molecule has 1 aromatic rings. The summed E-state index contributed by atoms with van der Waals surface area (Å²) in [5.41, 5.74) is 1.49. The van der Waals surface area contributed by atoms with E-state index in [1.54, 1.807) is 0 Å². The monoisotopic (exact) mass is 253 g/mol. The normalized spacial score (nSPS) is 12.9. The summed E-state index contributed by atoms with van der Waals surface area (Å²) >= 11 is 1.87. The van der Waals surface area contributed by atoms with Crippen molar-refractivity contribution in [3.05, 3.63) is 21.9 Å². The fourth-order valence-corrected chi connectivity index (χ4v) is 2.99. The van der Waals surface area contributed by atoms with Crippen LogP contribution in [0.25, 0.3) is 0 Å². The SMILES string of the molecule is CCCCCCCC(NCC)c1csc(C)c1. The van der Waals surface area contributed by atoms with Gasteiger partial charge < -0.3 is 5.32 Å². The summed E-state index contributed by atoms with van der Waals surface area (Å²) in [7, 11) is 0. The highest BCUT2D eigenvalue weighted by Gasteiger charge is 2.10. The van der Waals surface area contributed by atoms with Gasteiger partial charge in [0.1, 0.15) is 0 Å². The number of hydrogen-bond acceptors (Lipinski definition) is 2. The lowest BCUT2D eigenvalue weighted by molar-refractivity contribution is 0.479. The maximum absolute atomic E-state index is 3.61. The third-order valence-electron chi connectivity index (χ3n) is 3.20. The van der Waals surface area contributed by atoms with Crippen molar-refractivity contribution in [3.8, 4) is 0 Å². The second kappa shape index (κ2) is 8.71. The number of aryl methyl sites for hydroxylation is 1. The van der Waals surface area contributed by atoms with Crippen molar-refractivity contribution in [1.29, 1.82) is 0 Å². The summed E-state index contributed by atoms with van der Waals surface area (Å²) in [6.45, 7) is 7.73. The lowest BCUT2D eigenvalue weighted by atomic mass is 10.0. The van der Waals surface area contributed by atoms with Gasteiger partial charge in [0, 0.05) is 10.9 Å². The van der Waals surface area contributed by atoms with Gasteiger partial charge in [0.25, 0.3) is 0 Å². The van der Waals surface area contributed by atoms with Crippen LogP contribution in [0, 0.1) is 6.92 Å². The molecule has 0 aliphatic heterocycles. The summed E-state index contributed by atoms with van der Waals surface area (Å²) < 4.78 is 0. The van der Waals surface area contributed by atoms with Gasteiger partial charge in [-0.15, -0.1) is 11.3 Å². The van der Waals surface area contributed by atoms with Crippen LogP contribution in [0.1, 0.15) is 68.9 Å². The minimum atomic E-state index is 0.576. The summed E-state index contributed by atoms with van der Waals surface area (Å²) in [5.74, 6) is 0. The van der Waals surface area contributed by atoms with Gasteiger partial charge in [-0.05, 0) is 36.9 Å². The molecule has 0 aromatic carbocycles. The van der Waals surface area contributed by atoms with Gasteiger partial charge in [-0.1, -0.05) is 46.0 Å². The van der Waals surface area contributed by atoms with Crippen LogP contribution in [-0.2, 0) is 0 Å². The molecule has 1 atom stereocenters. The Morgan fingerprint density at radius 3 is 2.53 bits per heavy atom. The van der Waals surface area contributed by atoms with Crippen molar-refractivity contribution >= 4 is 11.3 Å². The van der Waals surface area contributed by atoms with E-state index in [1.807, 2.05) is 11.3 Å². The highest BCUT2D eigenvalue weighted by molar-refractivity contribution is 7.10. The van der Waals surface area contributed by atoms with Crippen LogP contribution in [0.5, 0.6) is 0 Å². The molecule has 0 aliphatic carbocycles. The molecule has 0 aliphatic rings. The van der Waals surface area contributed by atoms with E-state index >= 15 is 0 Å². The number of hydrogen-bond donors (Lipinski definition) is 1. The quantitative estimate of drug-likeness (QED) is 0.606. The third-order valence-corrected chi connectivity index (χ3v) is 4.08. The highest BCUT2D eigenvalue weighted by atomic mass is 32.1. The molecule has 1 unspecified atom stereocenters. The maximum atomic E-state index is 3.61. The molecule has 0 radical (unpaired) electrons. The average molecular weight is 253 g/mol. The molecule has 0 amide bonds. The molecule has 1 nitrogen and oxygen atoms in total. The molecule has 2 heteroatoms. The van der Waals surface area contributed by atoms with Crippen molar-refractivity contribution in [2.24, 2.45) is 0 Å². The predicted molar refractivity (Wildman–Crippen MR) is 78.8 cm³/mol. The van der Waals surface area contributed by atoms with Gasteiger partial charge in [-0.2, -0.15) is 0 Å². The lowest BCUT2D eigenvalue weighted by Crippen LogP contribution is -2.20. The van der Waals surface area contributed by atoms with Crippen LogP contribution in [-0.4, -0.2) is 6.54 Å². The van der Waals surface area contributed by atoms with Crippen LogP contribution in [0.15, 0.2) is 11.4 Å². The predicted octanol–water partition coefficient (Wildman–Crippen LogP) is 5.07. The second-order valence-electron chi connectivity index (χ2n) is 4.80. The fourth-order valence-electron chi connectivity index (χ4n) is 2.23. The Hall–Kier alpha value is -0.340. The largest absolute Gasteiger partial charge is 0.310 e. The number of unbranched alkanes of at least 4 members (excludes halogenated alkanes) is 4. The zero-order valence-electron chi connectivity index (χ0n) is 11.6. The average Bonchev–Trinajstić information content (AvgIpc) is 2.74. The molecule has 98 valence electrons. The molecule has 1 rings (SSSR count). The van der Waals surface area contributed by atoms with E-state index in [9.17, 15) is 0 Å². The van der Waals surface area contributed by atoms with Crippen LogP contribution < -0.4 is 5.32 Å². The minimum Gasteiger partial charge on any atom is -0.310 e. The Morgan fingerprint density at radius 2 is 1.94 bits per heavy atom. The minimum absolute atomic E-state index is 0.576. The second-order valence-corrected chi connectivity index (χ2v) is 5.92. The van der Waals surface area contributed by atoms with Crippen molar-refractivity contribution in [2.75, 3.05) is 6.54 Å². The smallest absolute Gasteiger partial charge is 0.0328 e. The van der Waals surface area contributed by atoms with E-state index in [2.05, 4.69) is 37.5 Å². The van der Waals surface area contributed by atoms with Crippen molar-refractivity contribution in [3.63, 3.8) is 0 Å². The van der Waals surface area contributed by atoms with E-state index < -0.39 is 0 Å². The van der Waals surface area contributed by atoms with Gasteiger partial charge in [0.15, 0.2) is 0 Å². The van der Waals surface area contributed by atoms with Gasteiger partial charge in [0.05, 0.1) is 0 Å². The number of nitrogens with one attached hydrogen (secondary N) is 1. The molecular weight excluding hydrogens is 226 g/mol. The Morgan fingerprint density at radius 1 is 1.18 bits per heavy atom. The first-order valence-corrected chi connectivity index (χ1v) is 7.94. The summed E-state index contributed by atoms with van der Waals surface area (Å²) in [6, 6.07) is 2.91. The topological polar surface area (TPSA) is 12.0 Å². The molecule has 0 saturated heterocycles. The van der Waals surface area contributed by atoms with E-state index in [1.165, 1.54) is 49.0 Å². The zero-order valence-corrected chi connectivity index (χ0v) is 12.4. The molecule has 1 heterocycles. The highest BCUT2D eigenvalue weighted by Crippen LogP contribution is 2.24. The van der Waals surface area contributed by atoms with Gasteiger partial charge in [0.2, 0.25) is 0 Å². The fraction of sp³-hybridized carbons (Fsp3) is 0.733. The lowest BCUT2D eigenvalue weighted by Gasteiger charge is -2.16. The Labute approximate surface area is 111 Å². The number of thiophene rings is 1.